The predicted molar refractivity (Wildman–Crippen MR) is 76.3 cm³/mol. The highest BCUT2D eigenvalue weighted by atomic mass is 79.9. The third kappa shape index (κ3) is 3.27. The molecule has 1 nitrogen and oxygen atoms in total. The lowest BCUT2D eigenvalue weighted by Gasteiger charge is -2.04. The minimum absolute atomic E-state index is 0.0378. The summed E-state index contributed by atoms with van der Waals surface area (Å²) in [5, 5.41) is 0. The number of benzene rings is 2. The maximum Gasteiger partial charge on any atom is 0.168 e. The van der Waals surface area contributed by atoms with Crippen LogP contribution in [0.15, 0.2) is 51.4 Å². The molecule has 0 radical (unpaired) electrons. The Bertz CT molecular complexity index is 579. The first-order valence-electron chi connectivity index (χ1n) is 5.29. The van der Waals surface area contributed by atoms with Gasteiger partial charge in [0, 0.05) is 20.9 Å². The molecule has 0 fully saturated rings. The molecule has 0 aliphatic rings. The molecule has 0 aromatic heterocycles. The summed E-state index contributed by atoms with van der Waals surface area (Å²) in [5.41, 5.74) is 1.43. The van der Waals surface area contributed by atoms with Crippen molar-refractivity contribution in [3.8, 4) is 0 Å². The Hall–Kier alpha value is -1.00. The average Bonchev–Trinajstić information content (AvgIpc) is 2.32. The van der Waals surface area contributed by atoms with Crippen LogP contribution in [0.3, 0.4) is 0 Å². The summed E-state index contributed by atoms with van der Waals surface area (Å²) in [5.74, 6) is -0.397. The maximum atomic E-state index is 12.9. The zero-order valence-corrected chi connectivity index (χ0v) is 12.5. The molecule has 2 aromatic carbocycles. The van der Waals surface area contributed by atoms with E-state index in [1.807, 2.05) is 24.3 Å². The number of hydrogen-bond acceptors (Lipinski definition) is 1. The van der Waals surface area contributed by atoms with E-state index in [0.717, 1.165) is 10.0 Å². The highest BCUT2D eigenvalue weighted by Crippen LogP contribution is 2.20. The Kier molecular flexibility index (Phi) is 4.30. The number of hydrogen-bond donors (Lipinski definition) is 0. The van der Waals surface area contributed by atoms with Crippen LogP contribution in [0.25, 0.3) is 0 Å². The quantitative estimate of drug-likeness (QED) is 0.710. The standard InChI is InChI=1S/C14H9Br2FO/c15-10-3-1-9(2-4-10)7-14(18)12-6-5-11(17)8-13(12)16/h1-6,8H,7H2. The van der Waals surface area contributed by atoms with Crippen LogP contribution in [0.4, 0.5) is 4.39 Å². The van der Waals surface area contributed by atoms with E-state index in [0.29, 0.717) is 16.5 Å². The molecule has 0 bridgehead atoms. The van der Waals surface area contributed by atoms with Gasteiger partial charge in [0.05, 0.1) is 0 Å². The first-order valence-corrected chi connectivity index (χ1v) is 6.87. The van der Waals surface area contributed by atoms with Crippen LogP contribution in [-0.4, -0.2) is 5.78 Å². The van der Waals surface area contributed by atoms with Gasteiger partial charge in [-0.05, 0) is 51.8 Å². The van der Waals surface area contributed by atoms with Gasteiger partial charge in [-0.1, -0.05) is 28.1 Å². The van der Waals surface area contributed by atoms with E-state index < -0.39 is 0 Å². The molecule has 0 amide bonds. The van der Waals surface area contributed by atoms with Gasteiger partial charge in [0.1, 0.15) is 5.82 Å². The van der Waals surface area contributed by atoms with Crippen LogP contribution in [0.1, 0.15) is 15.9 Å². The highest BCUT2D eigenvalue weighted by Gasteiger charge is 2.11. The van der Waals surface area contributed by atoms with Gasteiger partial charge >= 0.3 is 0 Å². The van der Waals surface area contributed by atoms with Crippen molar-refractivity contribution in [2.45, 2.75) is 6.42 Å². The van der Waals surface area contributed by atoms with Crippen LogP contribution in [-0.2, 0) is 6.42 Å². The molecule has 0 aliphatic heterocycles. The van der Waals surface area contributed by atoms with Crippen molar-refractivity contribution in [3.63, 3.8) is 0 Å². The summed E-state index contributed by atoms with van der Waals surface area (Å²) in [4.78, 5) is 12.1. The third-order valence-electron chi connectivity index (χ3n) is 2.51. The van der Waals surface area contributed by atoms with Crippen molar-refractivity contribution in [1.29, 1.82) is 0 Å². The molecule has 0 saturated carbocycles. The zero-order valence-electron chi connectivity index (χ0n) is 9.29. The van der Waals surface area contributed by atoms with Crippen molar-refractivity contribution in [2.24, 2.45) is 0 Å². The number of rotatable bonds is 3. The van der Waals surface area contributed by atoms with Gasteiger partial charge < -0.3 is 0 Å². The lowest BCUT2D eigenvalue weighted by molar-refractivity contribution is 0.0992. The smallest absolute Gasteiger partial charge is 0.168 e. The number of Topliss-reactive ketones (excluding diaryl/α,β-unsaturated/α-hetero) is 1. The Morgan fingerprint density at radius 3 is 2.33 bits per heavy atom. The molecule has 0 atom stereocenters. The van der Waals surface area contributed by atoms with Crippen molar-refractivity contribution in [3.05, 3.63) is 68.4 Å². The monoisotopic (exact) mass is 370 g/mol. The van der Waals surface area contributed by atoms with Crippen LogP contribution >= 0.6 is 31.9 Å². The molecule has 0 N–H and O–H groups in total. The molecule has 92 valence electrons. The summed E-state index contributed by atoms with van der Waals surface area (Å²) in [7, 11) is 0. The lowest BCUT2D eigenvalue weighted by atomic mass is 10.0. The molecule has 4 heteroatoms. The molecule has 0 heterocycles. The Morgan fingerprint density at radius 1 is 1.06 bits per heavy atom. The van der Waals surface area contributed by atoms with Gasteiger partial charge in [0.2, 0.25) is 0 Å². The van der Waals surface area contributed by atoms with Crippen LogP contribution in [0.5, 0.6) is 0 Å². The van der Waals surface area contributed by atoms with Gasteiger partial charge in [-0.25, -0.2) is 4.39 Å². The first-order chi connectivity index (χ1) is 8.56. The van der Waals surface area contributed by atoms with Gasteiger partial charge in [-0.2, -0.15) is 0 Å². The summed E-state index contributed by atoms with van der Waals surface area (Å²) in [6.45, 7) is 0. The summed E-state index contributed by atoms with van der Waals surface area (Å²) < 4.78 is 14.4. The minimum atomic E-state index is -0.359. The van der Waals surface area contributed by atoms with Crippen molar-refractivity contribution < 1.29 is 9.18 Å². The van der Waals surface area contributed by atoms with Crippen LogP contribution in [0.2, 0.25) is 0 Å². The Balaban J connectivity index is 2.19. The molecule has 2 rings (SSSR count). The van der Waals surface area contributed by atoms with Crippen LogP contribution in [0, 0.1) is 5.82 Å². The number of carbonyl (C=O) groups is 1. The van der Waals surface area contributed by atoms with Crippen LogP contribution < -0.4 is 0 Å². The second kappa shape index (κ2) is 5.76. The van der Waals surface area contributed by atoms with Crippen molar-refractivity contribution in [2.75, 3.05) is 0 Å². The first kappa shape index (κ1) is 13.4. The molecule has 0 aliphatic carbocycles. The second-order valence-corrected chi connectivity index (χ2v) is 5.62. The van der Waals surface area contributed by atoms with E-state index in [9.17, 15) is 9.18 Å². The third-order valence-corrected chi connectivity index (χ3v) is 3.69. The number of carbonyl (C=O) groups excluding carboxylic acids is 1. The van der Waals surface area contributed by atoms with E-state index in [4.69, 9.17) is 0 Å². The Morgan fingerprint density at radius 2 is 1.72 bits per heavy atom. The van der Waals surface area contributed by atoms with Crippen molar-refractivity contribution in [1.82, 2.24) is 0 Å². The molecule has 0 unspecified atom stereocenters. The normalized spacial score (nSPS) is 10.4. The van der Waals surface area contributed by atoms with E-state index in [1.54, 1.807) is 0 Å². The average molecular weight is 372 g/mol. The molecule has 0 spiro atoms. The van der Waals surface area contributed by atoms with E-state index in [1.165, 1.54) is 18.2 Å². The summed E-state index contributed by atoms with van der Waals surface area (Å²) in [6.07, 6.45) is 0.303. The molecule has 2 aromatic rings. The lowest BCUT2D eigenvalue weighted by Crippen LogP contribution is -2.04. The Labute approximate surface area is 121 Å². The van der Waals surface area contributed by atoms with E-state index in [-0.39, 0.29) is 11.6 Å². The predicted octanol–water partition coefficient (Wildman–Crippen LogP) is 4.78. The fourth-order valence-electron chi connectivity index (χ4n) is 1.60. The van der Waals surface area contributed by atoms with E-state index in [2.05, 4.69) is 31.9 Å². The number of halogens is 3. The van der Waals surface area contributed by atoms with Gasteiger partial charge in [-0.15, -0.1) is 0 Å². The van der Waals surface area contributed by atoms with E-state index >= 15 is 0 Å². The molecule has 18 heavy (non-hydrogen) atoms. The van der Waals surface area contributed by atoms with Gasteiger partial charge in [0.25, 0.3) is 0 Å². The largest absolute Gasteiger partial charge is 0.294 e. The number of ketones is 1. The maximum absolute atomic E-state index is 12.9. The topological polar surface area (TPSA) is 17.1 Å². The van der Waals surface area contributed by atoms with Gasteiger partial charge in [-0.3, -0.25) is 4.79 Å². The second-order valence-electron chi connectivity index (χ2n) is 3.85. The summed E-state index contributed by atoms with van der Waals surface area (Å²) in [6, 6.07) is 11.7. The molecular weight excluding hydrogens is 363 g/mol. The minimum Gasteiger partial charge on any atom is -0.294 e. The summed E-state index contributed by atoms with van der Waals surface area (Å²) >= 11 is 6.55. The van der Waals surface area contributed by atoms with Crippen molar-refractivity contribution >= 4 is 37.6 Å². The molecule has 0 saturated heterocycles. The fraction of sp³-hybridized carbons (Fsp3) is 0.0714. The molecular formula is C14H9Br2FO. The zero-order chi connectivity index (χ0) is 13.1. The van der Waals surface area contributed by atoms with Gasteiger partial charge in [0.15, 0.2) is 5.78 Å². The highest BCUT2D eigenvalue weighted by molar-refractivity contribution is 9.10. The SMILES string of the molecule is O=C(Cc1ccc(Br)cc1)c1ccc(F)cc1Br. The fourth-order valence-corrected chi connectivity index (χ4v) is 2.43.